The number of hydrogen-bond donors (Lipinski definition) is 1. The van der Waals surface area contributed by atoms with Gasteiger partial charge in [0.05, 0.1) is 26.4 Å². The lowest BCUT2D eigenvalue weighted by Crippen LogP contribution is -2.13. The summed E-state index contributed by atoms with van der Waals surface area (Å²) in [5, 5.41) is 3.39. The van der Waals surface area contributed by atoms with E-state index in [4.69, 9.17) is 25.8 Å². The summed E-state index contributed by atoms with van der Waals surface area (Å²) < 4.78 is 29.1. The average molecular weight is 340 g/mol. The van der Waals surface area contributed by atoms with E-state index < -0.39 is 5.82 Å². The molecule has 0 saturated heterocycles. The van der Waals surface area contributed by atoms with Crippen molar-refractivity contribution in [2.75, 3.05) is 21.3 Å². The van der Waals surface area contributed by atoms with Crippen LogP contribution in [0.4, 0.5) is 4.39 Å². The number of benzene rings is 2. The molecule has 23 heavy (non-hydrogen) atoms. The summed E-state index contributed by atoms with van der Waals surface area (Å²) in [4.78, 5) is 0. The highest BCUT2D eigenvalue weighted by molar-refractivity contribution is 6.30. The van der Waals surface area contributed by atoms with Gasteiger partial charge < -0.3 is 19.5 Å². The van der Waals surface area contributed by atoms with Crippen molar-refractivity contribution in [3.05, 3.63) is 52.3 Å². The molecule has 0 unspecified atom stereocenters. The van der Waals surface area contributed by atoms with Gasteiger partial charge in [-0.15, -0.1) is 0 Å². The van der Waals surface area contributed by atoms with Crippen molar-refractivity contribution in [1.82, 2.24) is 5.32 Å². The molecule has 2 aromatic carbocycles. The smallest absolute Gasteiger partial charge is 0.164 e. The predicted octanol–water partition coefficient (Wildman–Crippen LogP) is 3.79. The minimum Gasteiger partial charge on any atom is -0.496 e. The summed E-state index contributed by atoms with van der Waals surface area (Å²) in [6.45, 7) is 1.11. The van der Waals surface area contributed by atoms with E-state index in [0.29, 0.717) is 30.3 Å². The van der Waals surface area contributed by atoms with Gasteiger partial charge in [0.1, 0.15) is 11.6 Å². The fourth-order valence-electron chi connectivity index (χ4n) is 2.22. The Balaban J connectivity index is 2.08. The fraction of sp³-hybridized carbons (Fsp3) is 0.294. The topological polar surface area (TPSA) is 39.7 Å². The summed E-state index contributed by atoms with van der Waals surface area (Å²) in [6.07, 6.45) is 0. The zero-order valence-corrected chi connectivity index (χ0v) is 14.0. The molecule has 2 rings (SSSR count). The molecule has 4 nitrogen and oxygen atoms in total. The van der Waals surface area contributed by atoms with Crippen molar-refractivity contribution in [3.63, 3.8) is 0 Å². The maximum atomic E-state index is 13.1. The molecule has 0 aliphatic rings. The lowest BCUT2D eigenvalue weighted by molar-refractivity contribution is 0.347. The van der Waals surface area contributed by atoms with Crippen LogP contribution in [0.25, 0.3) is 0 Å². The fourth-order valence-corrected chi connectivity index (χ4v) is 2.42. The molecule has 0 bridgehead atoms. The third kappa shape index (κ3) is 4.27. The van der Waals surface area contributed by atoms with Crippen LogP contribution in [0.15, 0.2) is 30.3 Å². The van der Waals surface area contributed by atoms with Crippen LogP contribution in [-0.2, 0) is 13.1 Å². The van der Waals surface area contributed by atoms with E-state index in [9.17, 15) is 4.39 Å². The molecular weight excluding hydrogens is 321 g/mol. The van der Waals surface area contributed by atoms with Gasteiger partial charge in [0.15, 0.2) is 11.5 Å². The van der Waals surface area contributed by atoms with Gasteiger partial charge in [0.2, 0.25) is 0 Å². The summed E-state index contributed by atoms with van der Waals surface area (Å²) in [7, 11) is 4.76. The van der Waals surface area contributed by atoms with Gasteiger partial charge in [-0.05, 0) is 23.8 Å². The lowest BCUT2D eigenvalue weighted by Gasteiger charge is -2.14. The number of halogens is 2. The van der Waals surface area contributed by atoms with Crippen LogP contribution < -0.4 is 19.5 Å². The third-order valence-corrected chi connectivity index (χ3v) is 3.70. The zero-order chi connectivity index (χ0) is 16.8. The Morgan fingerprint density at radius 2 is 1.57 bits per heavy atom. The molecular formula is C17H19ClFNO3. The molecule has 0 atom stereocenters. The summed E-state index contributed by atoms with van der Waals surface area (Å²) in [5.41, 5.74) is 1.83. The SMILES string of the molecule is COc1cc(OC)c(OC)cc1CNCc1ccc(F)c(Cl)c1. The predicted molar refractivity (Wildman–Crippen MR) is 88.1 cm³/mol. The maximum Gasteiger partial charge on any atom is 0.164 e. The Morgan fingerprint density at radius 3 is 2.17 bits per heavy atom. The lowest BCUT2D eigenvalue weighted by atomic mass is 10.1. The molecule has 0 saturated carbocycles. The minimum absolute atomic E-state index is 0.119. The van der Waals surface area contributed by atoms with Gasteiger partial charge in [-0.2, -0.15) is 0 Å². The standard InChI is InChI=1S/C17H19ClFNO3/c1-21-15-8-17(23-3)16(22-2)7-12(15)10-20-9-11-4-5-14(19)13(18)6-11/h4-8,20H,9-10H2,1-3H3. The van der Waals surface area contributed by atoms with Crippen LogP contribution >= 0.6 is 11.6 Å². The highest BCUT2D eigenvalue weighted by Gasteiger charge is 2.11. The molecule has 6 heteroatoms. The second kappa shape index (κ2) is 8.04. The van der Waals surface area contributed by atoms with Crippen molar-refractivity contribution >= 4 is 11.6 Å². The van der Waals surface area contributed by atoms with E-state index >= 15 is 0 Å². The average Bonchev–Trinajstić information content (AvgIpc) is 2.57. The molecule has 0 heterocycles. The Hall–Kier alpha value is -1.98. The zero-order valence-electron chi connectivity index (χ0n) is 13.3. The quantitative estimate of drug-likeness (QED) is 0.833. The minimum atomic E-state index is -0.419. The number of methoxy groups -OCH3 is 3. The third-order valence-electron chi connectivity index (χ3n) is 3.42. The van der Waals surface area contributed by atoms with Gasteiger partial charge in [-0.3, -0.25) is 0 Å². The van der Waals surface area contributed by atoms with E-state index in [1.165, 1.54) is 6.07 Å². The molecule has 0 radical (unpaired) electrons. The number of nitrogens with one attached hydrogen (secondary N) is 1. The first-order valence-corrected chi connectivity index (χ1v) is 7.40. The number of ether oxygens (including phenoxy) is 3. The number of hydrogen-bond acceptors (Lipinski definition) is 4. The molecule has 1 N–H and O–H groups in total. The molecule has 124 valence electrons. The first-order chi connectivity index (χ1) is 11.1. The van der Waals surface area contributed by atoms with Crippen molar-refractivity contribution in [2.45, 2.75) is 13.1 Å². The molecule has 2 aromatic rings. The van der Waals surface area contributed by atoms with Gasteiger partial charge in [0, 0.05) is 24.7 Å². The summed E-state index contributed by atoms with van der Waals surface area (Å²) >= 11 is 5.78. The van der Waals surface area contributed by atoms with Gasteiger partial charge in [-0.25, -0.2) is 4.39 Å². The van der Waals surface area contributed by atoms with E-state index in [2.05, 4.69) is 5.32 Å². The van der Waals surface area contributed by atoms with Crippen LogP contribution in [0, 0.1) is 5.82 Å². The van der Waals surface area contributed by atoms with Gasteiger partial charge >= 0.3 is 0 Å². The second-order valence-corrected chi connectivity index (χ2v) is 5.28. The van der Waals surface area contributed by atoms with E-state index in [-0.39, 0.29) is 5.02 Å². The van der Waals surface area contributed by atoms with Crippen LogP contribution in [0.5, 0.6) is 17.2 Å². The molecule has 0 amide bonds. The summed E-state index contributed by atoms with van der Waals surface area (Å²) in [5.74, 6) is 1.53. The second-order valence-electron chi connectivity index (χ2n) is 4.87. The summed E-state index contributed by atoms with van der Waals surface area (Å²) in [6, 6.07) is 8.30. The first kappa shape index (κ1) is 17.4. The number of rotatable bonds is 7. The molecule has 0 aliphatic carbocycles. The Labute approximate surface area is 140 Å². The Bertz CT molecular complexity index is 679. The monoisotopic (exact) mass is 339 g/mol. The van der Waals surface area contributed by atoms with E-state index in [1.807, 2.05) is 6.07 Å². The highest BCUT2D eigenvalue weighted by atomic mass is 35.5. The van der Waals surface area contributed by atoms with Crippen LogP contribution in [-0.4, -0.2) is 21.3 Å². The molecule has 0 aliphatic heterocycles. The molecule has 0 aromatic heterocycles. The first-order valence-electron chi connectivity index (χ1n) is 7.02. The molecule has 0 spiro atoms. The van der Waals surface area contributed by atoms with Crippen molar-refractivity contribution in [1.29, 1.82) is 0 Å². The van der Waals surface area contributed by atoms with Gasteiger partial charge in [0.25, 0.3) is 0 Å². The Morgan fingerprint density at radius 1 is 0.913 bits per heavy atom. The molecule has 0 fully saturated rings. The van der Waals surface area contributed by atoms with Crippen LogP contribution in [0.2, 0.25) is 5.02 Å². The largest absolute Gasteiger partial charge is 0.496 e. The van der Waals surface area contributed by atoms with Crippen molar-refractivity contribution < 1.29 is 18.6 Å². The Kier molecular flexibility index (Phi) is 6.07. The van der Waals surface area contributed by atoms with Crippen LogP contribution in [0.1, 0.15) is 11.1 Å². The van der Waals surface area contributed by atoms with E-state index in [0.717, 1.165) is 11.1 Å². The van der Waals surface area contributed by atoms with Crippen LogP contribution in [0.3, 0.4) is 0 Å². The normalized spacial score (nSPS) is 10.5. The van der Waals surface area contributed by atoms with Crippen molar-refractivity contribution in [3.8, 4) is 17.2 Å². The highest BCUT2D eigenvalue weighted by Crippen LogP contribution is 2.34. The van der Waals surface area contributed by atoms with E-state index in [1.54, 1.807) is 39.5 Å². The van der Waals surface area contributed by atoms with Crippen molar-refractivity contribution in [2.24, 2.45) is 0 Å². The maximum absolute atomic E-state index is 13.1. The van der Waals surface area contributed by atoms with Gasteiger partial charge in [-0.1, -0.05) is 17.7 Å².